The van der Waals surface area contributed by atoms with Crippen LogP contribution in [0.1, 0.15) is 31.4 Å². The van der Waals surface area contributed by atoms with Crippen LogP contribution in [0.2, 0.25) is 0 Å². The Morgan fingerprint density at radius 1 is 1.28 bits per heavy atom. The van der Waals surface area contributed by atoms with E-state index in [2.05, 4.69) is 5.32 Å². The molecule has 0 amide bonds. The summed E-state index contributed by atoms with van der Waals surface area (Å²) in [5.41, 5.74) is 1.18. The van der Waals surface area contributed by atoms with Crippen LogP contribution in [0.4, 0.5) is 13.2 Å². The topological polar surface area (TPSA) is 47.6 Å². The van der Waals surface area contributed by atoms with Crippen molar-refractivity contribution in [1.29, 1.82) is 0 Å². The second-order valence-corrected chi connectivity index (χ2v) is 6.30. The molecule has 4 nitrogen and oxygen atoms in total. The van der Waals surface area contributed by atoms with Crippen LogP contribution in [0.25, 0.3) is 0 Å². The molecule has 7 heteroatoms. The fourth-order valence-electron chi connectivity index (χ4n) is 2.31. The van der Waals surface area contributed by atoms with E-state index < -0.39 is 17.7 Å². The number of alkyl halides is 3. The third kappa shape index (κ3) is 5.77. The van der Waals surface area contributed by atoms with E-state index >= 15 is 0 Å². The van der Waals surface area contributed by atoms with Crippen LogP contribution in [0.15, 0.2) is 35.5 Å². The number of rotatable bonds is 6. The number of nitrogens with one attached hydrogen (secondary N) is 1. The molecule has 1 heterocycles. The van der Waals surface area contributed by atoms with E-state index in [1.165, 1.54) is 12.1 Å². The van der Waals surface area contributed by atoms with Gasteiger partial charge in [-0.15, -0.1) is 0 Å². The quantitative estimate of drug-likeness (QED) is 0.789. The van der Waals surface area contributed by atoms with Crippen molar-refractivity contribution in [2.45, 2.75) is 33.0 Å². The van der Waals surface area contributed by atoms with E-state index in [-0.39, 0.29) is 12.5 Å². The molecule has 1 aromatic carbocycles. The van der Waals surface area contributed by atoms with Crippen LogP contribution in [-0.2, 0) is 27.0 Å². The summed E-state index contributed by atoms with van der Waals surface area (Å²) in [6.07, 6.45) is -3.81. The molecule has 0 aromatic heterocycles. The van der Waals surface area contributed by atoms with E-state index in [4.69, 9.17) is 9.47 Å². The van der Waals surface area contributed by atoms with Crippen molar-refractivity contribution in [1.82, 2.24) is 5.32 Å². The molecule has 1 aliphatic rings. The lowest BCUT2D eigenvalue weighted by Gasteiger charge is -2.21. The highest BCUT2D eigenvalue weighted by molar-refractivity contribution is 5.89. The average Bonchev–Trinajstić information content (AvgIpc) is 2.57. The first-order valence-electron chi connectivity index (χ1n) is 8.14. The van der Waals surface area contributed by atoms with Gasteiger partial charge in [0.15, 0.2) is 0 Å². The Morgan fingerprint density at radius 2 is 1.96 bits per heavy atom. The molecule has 0 atom stereocenters. The van der Waals surface area contributed by atoms with Gasteiger partial charge in [-0.05, 0) is 23.6 Å². The SMILES string of the molecule is CC(C)COC(=O)C1=C(NCc2ccc(C(F)(F)F)cc2)CCOC1. The number of halogens is 3. The van der Waals surface area contributed by atoms with Crippen molar-refractivity contribution in [2.75, 3.05) is 19.8 Å². The van der Waals surface area contributed by atoms with E-state index in [0.717, 1.165) is 17.8 Å². The molecule has 1 aliphatic heterocycles. The molecule has 0 unspecified atom stereocenters. The maximum Gasteiger partial charge on any atom is 0.416 e. The minimum Gasteiger partial charge on any atom is -0.462 e. The Balaban J connectivity index is 2.02. The van der Waals surface area contributed by atoms with Gasteiger partial charge in [0.05, 0.1) is 31.0 Å². The van der Waals surface area contributed by atoms with Gasteiger partial charge in [-0.1, -0.05) is 26.0 Å². The first-order valence-corrected chi connectivity index (χ1v) is 8.14. The van der Waals surface area contributed by atoms with Crippen molar-refractivity contribution in [3.63, 3.8) is 0 Å². The monoisotopic (exact) mass is 357 g/mol. The van der Waals surface area contributed by atoms with Gasteiger partial charge >= 0.3 is 12.1 Å². The van der Waals surface area contributed by atoms with Crippen LogP contribution < -0.4 is 5.32 Å². The average molecular weight is 357 g/mol. The van der Waals surface area contributed by atoms with E-state index in [9.17, 15) is 18.0 Å². The van der Waals surface area contributed by atoms with Gasteiger partial charge in [0.25, 0.3) is 0 Å². The molecule has 0 bridgehead atoms. The molecule has 25 heavy (non-hydrogen) atoms. The van der Waals surface area contributed by atoms with Crippen molar-refractivity contribution >= 4 is 5.97 Å². The Morgan fingerprint density at radius 3 is 2.56 bits per heavy atom. The molecule has 2 rings (SSSR count). The van der Waals surface area contributed by atoms with Gasteiger partial charge in [-0.2, -0.15) is 13.2 Å². The fourth-order valence-corrected chi connectivity index (χ4v) is 2.31. The molecule has 0 saturated carbocycles. The Kier molecular flexibility index (Phi) is 6.47. The number of esters is 1. The standard InChI is InChI=1S/C18H22F3NO3/c1-12(2)10-25-17(23)15-11-24-8-7-16(15)22-9-13-3-5-14(6-4-13)18(19,20)21/h3-6,12,22H,7-11H2,1-2H3. The van der Waals surface area contributed by atoms with Gasteiger partial charge in [0.2, 0.25) is 0 Å². The summed E-state index contributed by atoms with van der Waals surface area (Å²) in [6.45, 7) is 5.21. The predicted molar refractivity (Wildman–Crippen MR) is 86.5 cm³/mol. The smallest absolute Gasteiger partial charge is 0.416 e. The highest BCUT2D eigenvalue weighted by atomic mass is 19.4. The largest absolute Gasteiger partial charge is 0.462 e. The van der Waals surface area contributed by atoms with Gasteiger partial charge < -0.3 is 14.8 Å². The summed E-state index contributed by atoms with van der Waals surface area (Å²) < 4.78 is 48.3. The van der Waals surface area contributed by atoms with Gasteiger partial charge in [-0.25, -0.2) is 4.79 Å². The molecule has 0 aliphatic carbocycles. The zero-order chi connectivity index (χ0) is 18.4. The highest BCUT2D eigenvalue weighted by Crippen LogP contribution is 2.29. The molecule has 1 N–H and O–H groups in total. The molecule has 1 aromatic rings. The number of hydrogen-bond acceptors (Lipinski definition) is 4. The number of carbonyl (C=O) groups excluding carboxylic acids is 1. The minimum atomic E-state index is -4.34. The summed E-state index contributed by atoms with van der Waals surface area (Å²) in [6, 6.07) is 4.94. The van der Waals surface area contributed by atoms with E-state index in [1.807, 2.05) is 13.8 Å². The number of ether oxygens (including phenoxy) is 2. The van der Waals surface area contributed by atoms with Crippen LogP contribution in [0.5, 0.6) is 0 Å². The third-order valence-corrected chi connectivity index (χ3v) is 3.69. The molecule has 0 fully saturated rings. The second kappa shape index (κ2) is 8.38. The number of hydrogen-bond donors (Lipinski definition) is 1. The van der Waals surface area contributed by atoms with Crippen LogP contribution >= 0.6 is 0 Å². The van der Waals surface area contributed by atoms with Gasteiger partial charge in [-0.3, -0.25) is 0 Å². The lowest BCUT2D eigenvalue weighted by Crippen LogP contribution is -2.27. The van der Waals surface area contributed by atoms with Gasteiger partial charge in [0.1, 0.15) is 0 Å². The van der Waals surface area contributed by atoms with Crippen LogP contribution in [-0.4, -0.2) is 25.8 Å². The minimum absolute atomic E-state index is 0.173. The molecular weight excluding hydrogens is 335 g/mol. The first kappa shape index (κ1) is 19.3. The Labute approximate surface area is 145 Å². The van der Waals surface area contributed by atoms with Crippen molar-refractivity contribution in [2.24, 2.45) is 5.92 Å². The normalized spacial score (nSPS) is 15.4. The maximum absolute atomic E-state index is 12.6. The summed E-state index contributed by atoms with van der Waals surface area (Å²) in [7, 11) is 0. The first-order chi connectivity index (χ1) is 11.8. The van der Waals surface area contributed by atoms with E-state index in [0.29, 0.717) is 37.3 Å². The predicted octanol–water partition coefficient (Wildman–Crippen LogP) is 3.67. The molecule has 0 spiro atoms. The third-order valence-electron chi connectivity index (χ3n) is 3.69. The molecule has 138 valence electrons. The van der Waals surface area contributed by atoms with Crippen molar-refractivity contribution in [3.8, 4) is 0 Å². The Hall–Kier alpha value is -2.02. The lowest BCUT2D eigenvalue weighted by atomic mass is 10.1. The zero-order valence-electron chi connectivity index (χ0n) is 14.3. The van der Waals surface area contributed by atoms with Gasteiger partial charge in [0, 0.05) is 18.7 Å². The second-order valence-electron chi connectivity index (χ2n) is 6.30. The maximum atomic E-state index is 12.6. The molecule has 0 radical (unpaired) electrons. The number of carbonyl (C=O) groups is 1. The van der Waals surface area contributed by atoms with E-state index in [1.54, 1.807) is 0 Å². The van der Waals surface area contributed by atoms with Crippen molar-refractivity contribution < 1.29 is 27.4 Å². The summed E-state index contributed by atoms with van der Waals surface area (Å²) in [4.78, 5) is 12.2. The molecular formula is C18H22F3NO3. The summed E-state index contributed by atoms with van der Waals surface area (Å²) >= 11 is 0. The van der Waals surface area contributed by atoms with Crippen molar-refractivity contribution in [3.05, 3.63) is 46.7 Å². The fraction of sp³-hybridized carbons (Fsp3) is 0.500. The number of benzene rings is 1. The summed E-state index contributed by atoms with van der Waals surface area (Å²) in [5.74, 6) is -0.180. The highest BCUT2D eigenvalue weighted by Gasteiger charge is 2.30. The van der Waals surface area contributed by atoms with Crippen LogP contribution in [0, 0.1) is 5.92 Å². The Bertz CT molecular complexity index is 621. The van der Waals surface area contributed by atoms with Crippen LogP contribution in [0.3, 0.4) is 0 Å². The lowest BCUT2D eigenvalue weighted by molar-refractivity contribution is -0.141. The summed E-state index contributed by atoms with van der Waals surface area (Å²) in [5, 5.41) is 3.13. The zero-order valence-corrected chi connectivity index (χ0v) is 14.3. The molecule has 0 saturated heterocycles.